The highest BCUT2D eigenvalue weighted by molar-refractivity contribution is 5.95. The number of ether oxygens (including phenoxy) is 1. The van der Waals surface area contributed by atoms with E-state index in [0.29, 0.717) is 13.2 Å². The van der Waals surface area contributed by atoms with E-state index in [1.165, 1.54) is 18.2 Å². The Morgan fingerprint density at radius 2 is 2.33 bits per heavy atom. The topological polar surface area (TPSA) is 102 Å². The first-order valence-electron chi connectivity index (χ1n) is 6.90. The number of carboxylic acids is 1. The van der Waals surface area contributed by atoms with E-state index in [4.69, 9.17) is 9.84 Å². The first-order chi connectivity index (χ1) is 10.0. The van der Waals surface area contributed by atoms with Crippen LogP contribution in [0.25, 0.3) is 0 Å². The maximum Gasteiger partial charge on any atom is 0.342 e. The molecule has 1 aromatic carbocycles. The molecule has 21 heavy (non-hydrogen) atoms. The molecule has 2 unspecified atom stereocenters. The minimum absolute atomic E-state index is 0.152. The summed E-state index contributed by atoms with van der Waals surface area (Å²) in [7, 11) is 0. The molecule has 0 bridgehead atoms. The summed E-state index contributed by atoms with van der Waals surface area (Å²) in [6.45, 7) is 3.26. The van der Waals surface area contributed by atoms with E-state index in [9.17, 15) is 14.9 Å². The van der Waals surface area contributed by atoms with Crippen LogP contribution in [0.4, 0.5) is 11.4 Å². The summed E-state index contributed by atoms with van der Waals surface area (Å²) in [5.74, 6) is -1.02. The SMILES string of the molecule is CCC1OCCC1CNc1cccc(C(=O)O)c1[N+](=O)[O-]. The van der Waals surface area contributed by atoms with E-state index >= 15 is 0 Å². The van der Waals surface area contributed by atoms with Gasteiger partial charge in [0.25, 0.3) is 0 Å². The molecule has 0 saturated carbocycles. The van der Waals surface area contributed by atoms with Crippen LogP contribution in [0, 0.1) is 16.0 Å². The van der Waals surface area contributed by atoms with Gasteiger partial charge in [0.2, 0.25) is 0 Å². The molecular weight excluding hydrogens is 276 g/mol. The van der Waals surface area contributed by atoms with Gasteiger partial charge in [-0.1, -0.05) is 13.0 Å². The van der Waals surface area contributed by atoms with E-state index in [-0.39, 0.29) is 23.3 Å². The van der Waals surface area contributed by atoms with E-state index in [2.05, 4.69) is 5.32 Å². The Morgan fingerprint density at radius 3 is 2.95 bits per heavy atom. The number of rotatable bonds is 6. The van der Waals surface area contributed by atoms with Crippen molar-refractivity contribution in [3.63, 3.8) is 0 Å². The summed E-state index contributed by atoms with van der Waals surface area (Å²) in [6, 6.07) is 4.27. The number of nitrogens with one attached hydrogen (secondary N) is 1. The monoisotopic (exact) mass is 294 g/mol. The van der Waals surface area contributed by atoms with Gasteiger partial charge in [0.1, 0.15) is 11.3 Å². The molecule has 2 rings (SSSR count). The number of benzene rings is 1. The molecule has 0 radical (unpaired) electrons. The van der Waals surface area contributed by atoms with Crippen molar-refractivity contribution in [2.75, 3.05) is 18.5 Å². The number of hydrogen-bond acceptors (Lipinski definition) is 5. The fourth-order valence-corrected chi connectivity index (χ4v) is 2.67. The maximum absolute atomic E-state index is 11.1. The third-order valence-corrected chi connectivity index (χ3v) is 3.75. The number of anilines is 1. The zero-order valence-electron chi connectivity index (χ0n) is 11.7. The molecule has 0 spiro atoms. The van der Waals surface area contributed by atoms with E-state index in [1.807, 2.05) is 6.92 Å². The van der Waals surface area contributed by atoms with Crippen molar-refractivity contribution in [2.24, 2.45) is 5.92 Å². The highest BCUT2D eigenvalue weighted by Gasteiger charge is 2.28. The van der Waals surface area contributed by atoms with Gasteiger partial charge in [-0.05, 0) is 25.0 Å². The normalized spacial score (nSPS) is 21.2. The standard InChI is InChI=1S/C14H18N2O5/c1-2-12-9(6-7-21-12)8-15-11-5-3-4-10(14(17)18)13(11)16(19)20/h3-5,9,12,15H,2,6-8H2,1H3,(H,17,18). The van der Waals surface area contributed by atoms with Gasteiger partial charge in [-0.15, -0.1) is 0 Å². The summed E-state index contributed by atoms with van der Waals surface area (Å²) >= 11 is 0. The van der Waals surface area contributed by atoms with Crippen LogP contribution in [0.3, 0.4) is 0 Å². The third kappa shape index (κ3) is 3.30. The van der Waals surface area contributed by atoms with Crippen molar-refractivity contribution >= 4 is 17.3 Å². The second-order valence-corrected chi connectivity index (χ2v) is 5.01. The highest BCUT2D eigenvalue weighted by Crippen LogP contribution is 2.30. The van der Waals surface area contributed by atoms with Gasteiger partial charge in [0.15, 0.2) is 0 Å². The number of carbonyl (C=O) groups is 1. The quantitative estimate of drug-likeness (QED) is 0.617. The molecule has 1 fully saturated rings. The number of nitro groups is 1. The number of aromatic carboxylic acids is 1. The molecule has 1 saturated heterocycles. The molecule has 1 aliphatic rings. The van der Waals surface area contributed by atoms with Crippen molar-refractivity contribution in [1.29, 1.82) is 0 Å². The molecule has 0 aliphatic carbocycles. The first-order valence-corrected chi connectivity index (χ1v) is 6.90. The molecule has 1 aliphatic heterocycles. The van der Waals surface area contributed by atoms with Crippen LogP contribution in [-0.4, -0.2) is 35.3 Å². The lowest BCUT2D eigenvalue weighted by atomic mass is 9.99. The summed E-state index contributed by atoms with van der Waals surface area (Å²) in [6.07, 6.45) is 1.95. The molecule has 7 nitrogen and oxygen atoms in total. The van der Waals surface area contributed by atoms with Crippen LogP contribution in [0.2, 0.25) is 0 Å². The Balaban J connectivity index is 2.18. The average molecular weight is 294 g/mol. The van der Waals surface area contributed by atoms with E-state index < -0.39 is 16.6 Å². The third-order valence-electron chi connectivity index (χ3n) is 3.75. The van der Waals surface area contributed by atoms with Gasteiger partial charge in [0, 0.05) is 19.1 Å². The second-order valence-electron chi connectivity index (χ2n) is 5.01. The van der Waals surface area contributed by atoms with Crippen LogP contribution >= 0.6 is 0 Å². The van der Waals surface area contributed by atoms with Gasteiger partial charge < -0.3 is 15.2 Å². The maximum atomic E-state index is 11.1. The lowest BCUT2D eigenvalue weighted by Crippen LogP contribution is -2.23. The van der Waals surface area contributed by atoms with E-state index in [0.717, 1.165) is 12.8 Å². The van der Waals surface area contributed by atoms with Crippen molar-refractivity contribution in [1.82, 2.24) is 0 Å². The summed E-state index contributed by atoms with van der Waals surface area (Å²) in [5.41, 5.74) is -0.460. The van der Waals surface area contributed by atoms with Crippen molar-refractivity contribution in [3.8, 4) is 0 Å². The molecule has 2 N–H and O–H groups in total. The van der Waals surface area contributed by atoms with Crippen LogP contribution in [-0.2, 0) is 4.74 Å². The van der Waals surface area contributed by atoms with Crippen molar-refractivity contribution in [3.05, 3.63) is 33.9 Å². The Kier molecular flexibility index (Phi) is 4.74. The molecule has 114 valence electrons. The molecule has 1 aromatic rings. The smallest absolute Gasteiger partial charge is 0.342 e. The Hall–Kier alpha value is -2.15. The number of hydrogen-bond donors (Lipinski definition) is 2. The number of nitro benzene ring substituents is 1. The van der Waals surface area contributed by atoms with Gasteiger partial charge in [-0.25, -0.2) is 4.79 Å². The fourth-order valence-electron chi connectivity index (χ4n) is 2.67. The zero-order valence-corrected chi connectivity index (χ0v) is 11.7. The minimum atomic E-state index is -1.30. The number of carboxylic acid groups (broad SMARTS) is 1. The Labute approximate surface area is 122 Å². The van der Waals surface area contributed by atoms with Gasteiger partial charge >= 0.3 is 11.7 Å². The largest absolute Gasteiger partial charge is 0.477 e. The molecule has 0 aromatic heterocycles. The molecule has 7 heteroatoms. The van der Waals surface area contributed by atoms with Gasteiger partial charge in [-0.3, -0.25) is 10.1 Å². The van der Waals surface area contributed by atoms with Crippen LogP contribution in [0.15, 0.2) is 18.2 Å². The molecular formula is C14H18N2O5. The predicted octanol–water partition coefficient (Wildman–Crippen LogP) is 2.52. The lowest BCUT2D eigenvalue weighted by Gasteiger charge is -2.18. The Morgan fingerprint density at radius 1 is 1.57 bits per heavy atom. The fraction of sp³-hybridized carbons (Fsp3) is 0.500. The van der Waals surface area contributed by atoms with Crippen molar-refractivity contribution in [2.45, 2.75) is 25.9 Å². The van der Waals surface area contributed by atoms with Gasteiger partial charge in [-0.2, -0.15) is 0 Å². The first kappa shape index (κ1) is 15.2. The second kappa shape index (κ2) is 6.53. The highest BCUT2D eigenvalue weighted by atomic mass is 16.6. The van der Waals surface area contributed by atoms with Crippen LogP contribution in [0.1, 0.15) is 30.1 Å². The predicted molar refractivity (Wildman–Crippen MR) is 76.7 cm³/mol. The van der Waals surface area contributed by atoms with Crippen LogP contribution in [0.5, 0.6) is 0 Å². The van der Waals surface area contributed by atoms with E-state index in [1.54, 1.807) is 0 Å². The minimum Gasteiger partial charge on any atom is -0.477 e. The number of para-hydroxylation sites is 1. The van der Waals surface area contributed by atoms with Gasteiger partial charge in [0.05, 0.1) is 11.0 Å². The molecule has 1 heterocycles. The van der Waals surface area contributed by atoms with Crippen molar-refractivity contribution < 1.29 is 19.6 Å². The van der Waals surface area contributed by atoms with Crippen LogP contribution < -0.4 is 5.32 Å². The average Bonchev–Trinajstić information content (AvgIpc) is 2.91. The summed E-state index contributed by atoms with van der Waals surface area (Å²) in [5, 5.41) is 23.2. The summed E-state index contributed by atoms with van der Waals surface area (Å²) < 4.78 is 5.57. The summed E-state index contributed by atoms with van der Waals surface area (Å²) in [4.78, 5) is 21.6. The lowest BCUT2D eigenvalue weighted by molar-refractivity contribution is -0.384. The molecule has 2 atom stereocenters. The number of nitrogens with zero attached hydrogens (tertiary/aromatic N) is 1. The zero-order chi connectivity index (χ0) is 15.4. The molecule has 0 amide bonds. The Bertz CT molecular complexity index is 546.